The Hall–Kier alpha value is -3.02. The molecule has 2 aromatic carbocycles. The first-order valence-corrected chi connectivity index (χ1v) is 8.06. The smallest absolute Gasteiger partial charge is 0.420 e. The van der Waals surface area contributed by atoms with E-state index in [1.165, 1.54) is 11.0 Å². The number of aromatic hydroxyl groups is 1. The quantitative estimate of drug-likeness (QED) is 0.812. The number of phenolic OH excluding ortho intramolecular Hbond substituents is 1. The molecule has 0 atom stereocenters. The van der Waals surface area contributed by atoms with E-state index in [1.54, 1.807) is 43.3 Å². The van der Waals surface area contributed by atoms with E-state index >= 15 is 0 Å². The number of rotatable bonds is 6. The first-order chi connectivity index (χ1) is 12.0. The molecule has 6 nitrogen and oxygen atoms in total. The van der Waals surface area contributed by atoms with Gasteiger partial charge >= 0.3 is 6.09 Å². The van der Waals surface area contributed by atoms with Crippen molar-refractivity contribution in [3.63, 3.8) is 0 Å². The molecule has 1 amide bonds. The SMILES string of the molecule is CC(=O)CCCOc1ccc(N2Cc3ccc(O)cc3OC2=O)cc1. The summed E-state index contributed by atoms with van der Waals surface area (Å²) in [4.78, 5) is 24.6. The van der Waals surface area contributed by atoms with Gasteiger partial charge in [-0.3, -0.25) is 4.90 Å². The Morgan fingerprint density at radius 3 is 2.72 bits per heavy atom. The second kappa shape index (κ2) is 7.25. The zero-order valence-corrected chi connectivity index (χ0v) is 13.9. The summed E-state index contributed by atoms with van der Waals surface area (Å²) in [5.41, 5.74) is 1.52. The summed E-state index contributed by atoms with van der Waals surface area (Å²) in [6, 6.07) is 11.9. The van der Waals surface area contributed by atoms with Crippen LogP contribution in [-0.2, 0) is 11.3 Å². The van der Waals surface area contributed by atoms with Crippen molar-refractivity contribution in [3.8, 4) is 17.2 Å². The van der Waals surface area contributed by atoms with Crippen molar-refractivity contribution in [2.75, 3.05) is 11.5 Å². The summed E-state index contributed by atoms with van der Waals surface area (Å²) in [5, 5.41) is 9.47. The Bertz CT molecular complexity index is 785. The van der Waals surface area contributed by atoms with E-state index in [0.29, 0.717) is 43.2 Å². The molecule has 0 spiro atoms. The number of carbonyl (C=O) groups is 2. The van der Waals surface area contributed by atoms with E-state index < -0.39 is 6.09 Å². The average molecular weight is 341 g/mol. The van der Waals surface area contributed by atoms with Gasteiger partial charge in [-0.25, -0.2) is 4.79 Å². The van der Waals surface area contributed by atoms with Gasteiger partial charge in [-0.2, -0.15) is 0 Å². The molecule has 1 heterocycles. The maximum Gasteiger partial charge on any atom is 0.420 e. The van der Waals surface area contributed by atoms with E-state index in [-0.39, 0.29) is 11.5 Å². The number of nitrogens with zero attached hydrogens (tertiary/aromatic N) is 1. The fourth-order valence-corrected chi connectivity index (χ4v) is 2.58. The highest BCUT2D eigenvalue weighted by atomic mass is 16.6. The number of carbonyl (C=O) groups excluding carboxylic acids is 2. The summed E-state index contributed by atoms with van der Waals surface area (Å²) >= 11 is 0. The van der Waals surface area contributed by atoms with Crippen molar-refractivity contribution < 1.29 is 24.2 Å². The molecular weight excluding hydrogens is 322 g/mol. The lowest BCUT2D eigenvalue weighted by Crippen LogP contribution is -2.36. The maximum absolute atomic E-state index is 12.2. The summed E-state index contributed by atoms with van der Waals surface area (Å²) in [7, 11) is 0. The lowest BCUT2D eigenvalue weighted by molar-refractivity contribution is -0.117. The monoisotopic (exact) mass is 341 g/mol. The van der Waals surface area contributed by atoms with Crippen LogP contribution in [0.25, 0.3) is 0 Å². The van der Waals surface area contributed by atoms with E-state index in [0.717, 1.165) is 5.56 Å². The zero-order valence-electron chi connectivity index (χ0n) is 13.9. The number of anilines is 1. The first-order valence-electron chi connectivity index (χ1n) is 8.06. The minimum absolute atomic E-state index is 0.0614. The summed E-state index contributed by atoms with van der Waals surface area (Å²) in [5.74, 6) is 1.28. The van der Waals surface area contributed by atoms with Gasteiger partial charge in [0.05, 0.1) is 13.2 Å². The van der Waals surface area contributed by atoms with Crippen molar-refractivity contribution in [2.24, 2.45) is 0 Å². The highest BCUT2D eigenvalue weighted by Gasteiger charge is 2.26. The van der Waals surface area contributed by atoms with Gasteiger partial charge in [-0.05, 0) is 49.7 Å². The maximum atomic E-state index is 12.2. The molecule has 1 aliphatic rings. The predicted octanol–water partition coefficient (Wildman–Crippen LogP) is 3.66. The van der Waals surface area contributed by atoms with Gasteiger partial charge in [0.25, 0.3) is 0 Å². The Labute approximate surface area is 145 Å². The van der Waals surface area contributed by atoms with Crippen LogP contribution in [0.2, 0.25) is 0 Å². The number of Topliss-reactive ketones (excluding diaryl/α,β-unsaturated/α-hetero) is 1. The summed E-state index contributed by atoms with van der Waals surface area (Å²) < 4.78 is 10.9. The minimum Gasteiger partial charge on any atom is -0.508 e. The van der Waals surface area contributed by atoms with Crippen LogP contribution in [0.4, 0.5) is 10.5 Å². The number of ketones is 1. The molecule has 2 aromatic rings. The standard InChI is InChI=1S/C19H19NO5/c1-13(21)3-2-10-24-17-8-5-15(6-9-17)20-12-14-4-7-16(22)11-18(14)25-19(20)23/h4-9,11,22H,2-3,10,12H2,1H3. The van der Waals surface area contributed by atoms with Crippen LogP contribution in [0, 0.1) is 0 Å². The van der Waals surface area contributed by atoms with Gasteiger partial charge < -0.3 is 19.4 Å². The number of ether oxygens (including phenoxy) is 2. The summed E-state index contributed by atoms with van der Waals surface area (Å²) in [6.07, 6.45) is 0.694. The lowest BCUT2D eigenvalue weighted by Gasteiger charge is -2.28. The molecule has 0 fully saturated rings. The molecule has 25 heavy (non-hydrogen) atoms. The van der Waals surface area contributed by atoms with Gasteiger partial charge in [-0.15, -0.1) is 0 Å². The Kier molecular flexibility index (Phi) is 4.88. The molecule has 1 N–H and O–H groups in total. The van der Waals surface area contributed by atoms with Gasteiger partial charge in [0.2, 0.25) is 0 Å². The third kappa shape index (κ3) is 4.09. The van der Waals surface area contributed by atoms with Gasteiger partial charge in [-0.1, -0.05) is 0 Å². The molecule has 130 valence electrons. The van der Waals surface area contributed by atoms with Crippen LogP contribution in [0.5, 0.6) is 17.2 Å². The number of benzene rings is 2. The molecule has 0 saturated carbocycles. The molecule has 0 aliphatic carbocycles. The van der Waals surface area contributed by atoms with Crippen molar-refractivity contribution in [2.45, 2.75) is 26.3 Å². The fraction of sp³-hybridized carbons (Fsp3) is 0.263. The molecule has 0 radical (unpaired) electrons. The highest BCUT2D eigenvalue weighted by molar-refractivity contribution is 5.91. The van der Waals surface area contributed by atoms with Crippen molar-refractivity contribution >= 4 is 17.6 Å². The molecule has 0 unspecified atom stereocenters. The molecule has 0 bridgehead atoms. The van der Waals surface area contributed by atoms with Gasteiger partial charge in [0, 0.05) is 23.7 Å². The van der Waals surface area contributed by atoms with Gasteiger partial charge in [0.1, 0.15) is 23.0 Å². The van der Waals surface area contributed by atoms with Crippen molar-refractivity contribution in [1.29, 1.82) is 0 Å². The van der Waals surface area contributed by atoms with Crippen LogP contribution in [0.3, 0.4) is 0 Å². The number of fused-ring (bicyclic) bond motifs is 1. The molecule has 0 saturated heterocycles. The third-order valence-corrected chi connectivity index (χ3v) is 3.89. The molecule has 1 aliphatic heterocycles. The highest BCUT2D eigenvalue weighted by Crippen LogP contribution is 2.32. The van der Waals surface area contributed by atoms with Crippen LogP contribution >= 0.6 is 0 Å². The normalized spacial score (nSPS) is 13.2. The van der Waals surface area contributed by atoms with Crippen LogP contribution < -0.4 is 14.4 Å². The van der Waals surface area contributed by atoms with Crippen molar-refractivity contribution in [1.82, 2.24) is 0 Å². The van der Waals surface area contributed by atoms with E-state index in [1.807, 2.05) is 0 Å². The third-order valence-electron chi connectivity index (χ3n) is 3.89. The van der Waals surface area contributed by atoms with Crippen LogP contribution in [0.15, 0.2) is 42.5 Å². The van der Waals surface area contributed by atoms with E-state index in [2.05, 4.69) is 0 Å². The fourth-order valence-electron chi connectivity index (χ4n) is 2.58. The Morgan fingerprint density at radius 1 is 1.24 bits per heavy atom. The number of phenols is 1. The number of hydrogen-bond acceptors (Lipinski definition) is 5. The van der Waals surface area contributed by atoms with Crippen molar-refractivity contribution in [3.05, 3.63) is 48.0 Å². The second-order valence-corrected chi connectivity index (χ2v) is 5.89. The molecule has 6 heteroatoms. The first kappa shape index (κ1) is 16.8. The van der Waals surface area contributed by atoms with Crippen LogP contribution in [0.1, 0.15) is 25.3 Å². The lowest BCUT2D eigenvalue weighted by atomic mass is 10.1. The average Bonchev–Trinajstić information content (AvgIpc) is 2.58. The topological polar surface area (TPSA) is 76.1 Å². The van der Waals surface area contributed by atoms with E-state index in [9.17, 15) is 14.7 Å². The minimum atomic E-state index is -0.492. The largest absolute Gasteiger partial charge is 0.508 e. The van der Waals surface area contributed by atoms with Crippen LogP contribution in [-0.4, -0.2) is 23.6 Å². The predicted molar refractivity (Wildman–Crippen MR) is 92.2 cm³/mol. The Balaban J connectivity index is 1.65. The molecule has 0 aromatic heterocycles. The number of amides is 1. The van der Waals surface area contributed by atoms with E-state index in [4.69, 9.17) is 9.47 Å². The zero-order chi connectivity index (χ0) is 17.8. The molecular formula is C19H19NO5. The Morgan fingerprint density at radius 2 is 2.00 bits per heavy atom. The second-order valence-electron chi connectivity index (χ2n) is 5.89. The molecule has 3 rings (SSSR count). The number of hydrogen-bond donors (Lipinski definition) is 1. The van der Waals surface area contributed by atoms with Gasteiger partial charge in [0.15, 0.2) is 0 Å². The summed E-state index contributed by atoms with van der Waals surface area (Å²) in [6.45, 7) is 2.40.